The zero-order valence-electron chi connectivity index (χ0n) is 15.0. The lowest BCUT2D eigenvalue weighted by atomic mass is 10.0. The Bertz CT molecular complexity index is 1110. The molecule has 3 heterocycles. The van der Waals surface area contributed by atoms with Gasteiger partial charge in [0, 0.05) is 41.7 Å². The topological polar surface area (TPSA) is 67.8 Å². The molecule has 0 saturated carbocycles. The van der Waals surface area contributed by atoms with E-state index in [2.05, 4.69) is 20.3 Å². The first-order chi connectivity index (χ1) is 13.7. The molecular formula is C22H17ClN4O. The fraction of sp³-hybridized carbons (Fsp3) is 0.0909. The van der Waals surface area contributed by atoms with E-state index in [0.29, 0.717) is 17.3 Å². The zero-order valence-corrected chi connectivity index (χ0v) is 15.7. The number of rotatable bonds is 5. The summed E-state index contributed by atoms with van der Waals surface area (Å²) in [7, 11) is 0. The zero-order chi connectivity index (χ0) is 19.3. The Morgan fingerprint density at radius 2 is 1.71 bits per heavy atom. The second kappa shape index (κ2) is 8.15. The molecule has 3 aromatic heterocycles. The highest BCUT2D eigenvalue weighted by Gasteiger charge is 2.13. The molecule has 138 valence electrons. The van der Waals surface area contributed by atoms with Crippen molar-refractivity contribution in [3.8, 4) is 11.1 Å². The summed E-state index contributed by atoms with van der Waals surface area (Å²) in [5, 5.41) is 4.54. The Labute approximate surface area is 167 Å². The lowest BCUT2D eigenvalue weighted by Crippen LogP contribution is -2.26. The number of aromatic nitrogens is 3. The van der Waals surface area contributed by atoms with E-state index in [1.165, 1.54) is 0 Å². The molecule has 0 bridgehead atoms. The van der Waals surface area contributed by atoms with Crippen molar-refractivity contribution in [1.82, 2.24) is 20.3 Å². The maximum absolute atomic E-state index is 12.7. The van der Waals surface area contributed by atoms with E-state index in [9.17, 15) is 4.79 Å². The first kappa shape index (κ1) is 18.1. The molecule has 28 heavy (non-hydrogen) atoms. The molecule has 1 aromatic carbocycles. The molecule has 0 saturated heterocycles. The number of hydrogen-bond donors (Lipinski definition) is 1. The molecule has 0 fully saturated rings. The molecule has 5 nitrogen and oxygen atoms in total. The molecule has 0 aliphatic heterocycles. The standard InChI is InChI=1S/C22H17ClN4O/c23-17-3-1-15(2-4-17)5-12-26-22(28)21-13-18(16-6-9-24-10-7-16)19-14-25-11-8-20(19)27-21/h1-4,6-11,13-14H,5,12H2,(H,26,28). The van der Waals surface area contributed by atoms with Gasteiger partial charge in [0.05, 0.1) is 5.52 Å². The molecule has 6 heteroatoms. The average molecular weight is 389 g/mol. The summed E-state index contributed by atoms with van der Waals surface area (Å²) >= 11 is 5.90. The third-order valence-electron chi connectivity index (χ3n) is 4.45. The molecule has 0 atom stereocenters. The number of halogens is 1. The second-order valence-corrected chi connectivity index (χ2v) is 6.75. The number of carbonyl (C=O) groups excluding carboxylic acids is 1. The minimum absolute atomic E-state index is 0.206. The van der Waals surface area contributed by atoms with Crippen LogP contribution in [0.4, 0.5) is 0 Å². The molecule has 1 N–H and O–H groups in total. The van der Waals surface area contributed by atoms with E-state index in [1.807, 2.05) is 42.5 Å². The fourth-order valence-corrected chi connectivity index (χ4v) is 3.14. The third-order valence-corrected chi connectivity index (χ3v) is 4.70. The minimum atomic E-state index is -0.206. The van der Waals surface area contributed by atoms with Crippen molar-refractivity contribution in [2.24, 2.45) is 0 Å². The smallest absolute Gasteiger partial charge is 0.269 e. The lowest BCUT2D eigenvalue weighted by molar-refractivity contribution is 0.0949. The van der Waals surface area contributed by atoms with Crippen molar-refractivity contribution >= 4 is 28.4 Å². The predicted molar refractivity (Wildman–Crippen MR) is 110 cm³/mol. The van der Waals surface area contributed by atoms with E-state index in [4.69, 9.17) is 11.6 Å². The average Bonchev–Trinajstić information content (AvgIpc) is 2.75. The number of nitrogens with one attached hydrogen (secondary N) is 1. The van der Waals surface area contributed by atoms with E-state index in [1.54, 1.807) is 30.9 Å². The molecule has 1 amide bonds. The highest BCUT2D eigenvalue weighted by atomic mass is 35.5. The monoisotopic (exact) mass is 388 g/mol. The summed E-state index contributed by atoms with van der Waals surface area (Å²) < 4.78 is 0. The second-order valence-electron chi connectivity index (χ2n) is 6.32. The summed E-state index contributed by atoms with van der Waals surface area (Å²) in [5.74, 6) is -0.206. The van der Waals surface area contributed by atoms with Gasteiger partial charge in [-0.3, -0.25) is 14.8 Å². The van der Waals surface area contributed by atoms with Gasteiger partial charge in [-0.1, -0.05) is 23.7 Å². The van der Waals surface area contributed by atoms with Crippen molar-refractivity contribution in [2.75, 3.05) is 6.54 Å². The summed E-state index contributed by atoms with van der Waals surface area (Å²) in [4.78, 5) is 25.5. The van der Waals surface area contributed by atoms with Crippen LogP contribution in [-0.2, 0) is 6.42 Å². The molecule has 0 aliphatic carbocycles. The van der Waals surface area contributed by atoms with Crippen LogP contribution in [0.2, 0.25) is 5.02 Å². The largest absolute Gasteiger partial charge is 0.350 e. The minimum Gasteiger partial charge on any atom is -0.350 e. The number of benzene rings is 1. The van der Waals surface area contributed by atoms with Gasteiger partial charge < -0.3 is 5.32 Å². The van der Waals surface area contributed by atoms with Crippen LogP contribution < -0.4 is 5.32 Å². The Balaban J connectivity index is 1.57. The highest BCUT2D eigenvalue weighted by molar-refractivity contribution is 6.30. The summed E-state index contributed by atoms with van der Waals surface area (Å²) in [6, 6.07) is 15.0. The molecule has 0 spiro atoms. The van der Waals surface area contributed by atoms with Crippen molar-refractivity contribution < 1.29 is 4.79 Å². The van der Waals surface area contributed by atoms with E-state index >= 15 is 0 Å². The Morgan fingerprint density at radius 1 is 0.964 bits per heavy atom. The highest BCUT2D eigenvalue weighted by Crippen LogP contribution is 2.27. The molecule has 0 aliphatic rings. The van der Waals surface area contributed by atoms with Crippen molar-refractivity contribution in [1.29, 1.82) is 0 Å². The van der Waals surface area contributed by atoms with Crippen LogP contribution >= 0.6 is 11.6 Å². The van der Waals surface area contributed by atoms with Crippen LogP contribution in [0, 0.1) is 0 Å². The first-order valence-electron chi connectivity index (χ1n) is 8.88. The van der Waals surface area contributed by atoms with E-state index in [-0.39, 0.29) is 5.91 Å². The van der Waals surface area contributed by atoms with Gasteiger partial charge in [0.25, 0.3) is 5.91 Å². The Kier molecular flexibility index (Phi) is 5.26. The van der Waals surface area contributed by atoms with Gasteiger partial charge in [0.15, 0.2) is 0 Å². The van der Waals surface area contributed by atoms with Gasteiger partial charge in [-0.15, -0.1) is 0 Å². The van der Waals surface area contributed by atoms with Crippen LogP contribution in [0.1, 0.15) is 16.1 Å². The van der Waals surface area contributed by atoms with Gasteiger partial charge in [-0.25, -0.2) is 4.98 Å². The van der Waals surface area contributed by atoms with E-state index in [0.717, 1.165) is 34.0 Å². The normalized spacial score (nSPS) is 10.8. The van der Waals surface area contributed by atoms with Crippen molar-refractivity contribution in [3.63, 3.8) is 0 Å². The van der Waals surface area contributed by atoms with Gasteiger partial charge in [-0.2, -0.15) is 0 Å². The third kappa shape index (κ3) is 4.00. The Hall–Kier alpha value is -3.31. The maximum atomic E-state index is 12.7. The number of fused-ring (bicyclic) bond motifs is 1. The predicted octanol–water partition coefficient (Wildman–Crippen LogP) is 4.32. The molecule has 4 rings (SSSR count). The number of pyridine rings is 3. The number of carbonyl (C=O) groups is 1. The van der Waals surface area contributed by atoms with E-state index < -0.39 is 0 Å². The van der Waals surface area contributed by atoms with Crippen LogP contribution in [0.25, 0.3) is 22.0 Å². The molecule has 0 unspecified atom stereocenters. The Morgan fingerprint density at radius 3 is 2.50 bits per heavy atom. The van der Waals surface area contributed by atoms with Gasteiger partial charge in [0.1, 0.15) is 5.69 Å². The van der Waals surface area contributed by atoms with Crippen molar-refractivity contribution in [2.45, 2.75) is 6.42 Å². The van der Waals surface area contributed by atoms with Crippen LogP contribution in [0.3, 0.4) is 0 Å². The van der Waals surface area contributed by atoms with Crippen LogP contribution in [-0.4, -0.2) is 27.4 Å². The van der Waals surface area contributed by atoms with Gasteiger partial charge in [-0.05, 0) is 59.5 Å². The fourth-order valence-electron chi connectivity index (χ4n) is 3.02. The first-order valence-corrected chi connectivity index (χ1v) is 9.26. The van der Waals surface area contributed by atoms with Crippen molar-refractivity contribution in [3.05, 3.63) is 89.6 Å². The number of hydrogen-bond acceptors (Lipinski definition) is 4. The van der Waals surface area contributed by atoms with Gasteiger partial charge in [0.2, 0.25) is 0 Å². The molecule has 4 aromatic rings. The number of nitrogens with zero attached hydrogens (tertiary/aromatic N) is 3. The maximum Gasteiger partial charge on any atom is 0.269 e. The molecular weight excluding hydrogens is 372 g/mol. The summed E-state index contributed by atoms with van der Waals surface area (Å²) in [6.07, 6.45) is 7.61. The SMILES string of the molecule is O=C(NCCc1ccc(Cl)cc1)c1cc(-c2ccncc2)c2cnccc2n1. The summed E-state index contributed by atoms with van der Waals surface area (Å²) in [5.41, 5.74) is 4.09. The van der Waals surface area contributed by atoms with Gasteiger partial charge >= 0.3 is 0 Å². The number of amides is 1. The quantitative estimate of drug-likeness (QED) is 0.553. The van der Waals surface area contributed by atoms with Crippen LogP contribution in [0.15, 0.2) is 73.3 Å². The molecule has 0 radical (unpaired) electrons. The summed E-state index contributed by atoms with van der Waals surface area (Å²) in [6.45, 7) is 0.515. The van der Waals surface area contributed by atoms with Crippen LogP contribution in [0.5, 0.6) is 0 Å². The lowest BCUT2D eigenvalue weighted by Gasteiger charge is -2.10.